The van der Waals surface area contributed by atoms with E-state index in [0.29, 0.717) is 12.0 Å². The predicted octanol–water partition coefficient (Wildman–Crippen LogP) is 3.76. The normalized spacial score (nSPS) is 14.8. The number of likely N-dealkylation sites (N-methyl/N-ethyl adjacent to an activating group) is 1. The molecule has 1 rings (SSSR count). The molecule has 0 radical (unpaired) electrons. The molecule has 90 valence electrons. The van der Waals surface area contributed by atoms with Gasteiger partial charge >= 0.3 is 0 Å². The minimum Gasteiger partial charge on any atom is -0.316 e. The van der Waals surface area contributed by atoms with E-state index < -0.39 is 0 Å². The van der Waals surface area contributed by atoms with Gasteiger partial charge in [0.2, 0.25) is 0 Å². The second-order valence-electron chi connectivity index (χ2n) is 4.22. The molecule has 0 saturated carbocycles. The van der Waals surface area contributed by atoms with Crippen LogP contribution in [0.1, 0.15) is 25.8 Å². The first-order chi connectivity index (χ1) is 7.58. The van der Waals surface area contributed by atoms with E-state index in [1.807, 2.05) is 13.1 Å². The summed E-state index contributed by atoms with van der Waals surface area (Å²) in [5.41, 5.74) is 0.772. The van der Waals surface area contributed by atoms with Crippen molar-refractivity contribution in [3.8, 4) is 0 Å². The van der Waals surface area contributed by atoms with Gasteiger partial charge in [-0.05, 0) is 43.1 Å². The minimum atomic E-state index is -0.119. The Morgan fingerprint density at radius 2 is 2.12 bits per heavy atom. The Kier molecular flexibility index (Phi) is 5.42. The second kappa shape index (κ2) is 6.36. The van der Waals surface area contributed by atoms with Gasteiger partial charge < -0.3 is 5.32 Å². The molecule has 3 heteroatoms. The van der Waals surface area contributed by atoms with E-state index in [1.165, 1.54) is 6.07 Å². The third kappa shape index (κ3) is 3.56. The number of halogens is 2. The highest BCUT2D eigenvalue weighted by Crippen LogP contribution is 2.19. The summed E-state index contributed by atoms with van der Waals surface area (Å²) in [4.78, 5) is 0. The molecule has 1 N–H and O–H groups in total. The fourth-order valence-electron chi connectivity index (χ4n) is 1.81. The van der Waals surface area contributed by atoms with E-state index in [0.717, 1.165) is 22.9 Å². The molecular formula is C13H19BrFN. The Bertz CT molecular complexity index is 341. The summed E-state index contributed by atoms with van der Waals surface area (Å²) in [6, 6.07) is 5.44. The molecule has 0 aliphatic heterocycles. The molecule has 0 heterocycles. The van der Waals surface area contributed by atoms with Crippen molar-refractivity contribution in [2.24, 2.45) is 5.92 Å². The third-order valence-corrected chi connectivity index (χ3v) is 3.64. The summed E-state index contributed by atoms with van der Waals surface area (Å²) in [5, 5.41) is 3.27. The van der Waals surface area contributed by atoms with Gasteiger partial charge in [0.25, 0.3) is 0 Å². The average Bonchev–Trinajstić information content (AvgIpc) is 2.29. The monoisotopic (exact) mass is 287 g/mol. The second-order valence-corrected chi connectivity index (χ2v) is 5.14. The van der Waals surface area contributed by atoms with Crippen LogP contribution in [0, 0.1) is 11.7 Å². The summed E-state index contributed by atoms with van der Waals surface area (Å²) in [7, 11) is 1.94. The predicted molar refractivity (Wildman–Crippen MR) is 70.1 cm³/mol. The number of hydrogen-bond donors (Lipinski definition) is 1. The number of hydrogen-bond acceptors (Lipinski definition) is 1. The van der Waals surface area contributed by atoms with Crippen LogP contribution in [0.2, 0.25) is 0 Å². The van der Waals surface area contributed by atoms with E-state index in [1.54, 1.807) is 6.07 Å². The lowest BCUT2D eigenvalue weighted by atomic mass is 9.93. The van der Waals surface area contributed by atoms with Crippen LogP contribution in [-0.2, 0) is 6.42 Å². The zero-order chi connectivity index (χ0) is 12.1. The first-order valence-corrected chi connectivity index (χ1v) is 6.49. The van der Waals surface area contributed by atoms with Crippen LogP contribution in [0.5, 0.6) is 0 Å². The highest BCUT2D eigenvalue weighted by Gasteiger charge is 2.16. The highest BCUT2D eigenvalue weighted by atomic mass is 79.9. The van der Waals surface area contributed by atoms with Gasteiger partial charge in [0.15, 0.2) is 0 Å². The Morgan fingerprint density at radius 1 is 1.44 bits per heavy atom. The molecule has 0 bridgehead atoms. The maximum atomic E-state index is 13.6. The fourth-order valence-corrected chi connectivity index (χ4v) is 2.22. The Labute approximate surface area is 106 Å². The van der Waals surface area contributed by atoms with Gasteiger partial charge in [0, 0.05) is 10.5 Å². The third-order valence-electron chi connectivity index (χ3n) is 3.15. The highest BCUT2D eigenvalue weighted by molar-refractivity contribution is 9.10. The molecule has 0 saturated heterocycles. The van der Waals surface area contributed by atoms with Gasteiger partial charge in [0.1, 0.15) is 5.82 Å². The molecule has 1 aromatic rings. The van der Waals surface area contributed by atoms with E-state index in [9.17, 15) is 4.39 Å². The van der Waals surface area contributed by atoms with E-state index in [-0.39, 0.29) is 5.82 Å². The zero-order valence-corrected chi connectivity index (χ0v) is 11.6. The Morgan fingerprint density at radius 3 is 2.69 bits per heavy atom. The van der Waals surface area contributed by atoms with Crippen LogP contribution in [0.15, 0.2) is 22.7 Å². The molecule has 0 amide bonds. The van der Waals surface area contributed by atoms with Crippen molar-refractivity contribution in [1.29, 1.82) is 0 Å². The molecule has 0 aliphatic rings. The molecule has 2 atom stereocenters. The van der Waals surface area contributed by atoms with E-state index in [2.05, 4.69) is 35.1 Å². The van der Waals surface area contributed by atoms with Crippen molar-refractivity contribution in [3.63, 3.8) is 0 Å². The van der Waals surface area contributed by atoms with Crippen molar-refractivity contribution in [3.05, 3.63) is 34.1 Å². The maximum absolute atomic E-state index is 13.6. The van der Waals surface area contributed by atoms with Crippen molar-refractivity contribution >= 4 is 15.9 Å². The van der Waals surface area contributed by atoms with Gasteiger partial charge in [-0.1, -0.05) is 36.2 Å². The molecule has 0 fully saturated rings. The molecule has 16 heavy (non-hydrogen) atoms. The van der Waals surface area contributed by atoms with Crippen LogP contribution in [0.3, 0.4) is 0 Å². The summed E-state index contributed by atoms with van der Waals surface area (Å²) in [5.74, 6) is 0.426. The lowest BCUT2D eigenvalue weighted by molar-refractivity contribution is 0.382. The number of benzene rings is 1. The van der Waals surface area contributed by atoms with Gasteiger partial charge in [-0.15, -0.1) is 0 Å². The first kappa shape index (κ1) is 13.7. The van der Waals surface area contributed by atoms with Crippen LogP contribution in [0.25, 0.3) is 0 Å². The maximum Gasteiger partial charge on any atom is 0.126 e. The van der Waals surface area contributed by atoms with Crippen LogP contribution in [0.4, 0.5) is 4.39 Å². The first-order valence-electron chi connectivity index (χ1n) is 5.69. The standard InChI is InChI=1S/C13H19BrFN/c1-4-9(2)13(16-3)8-10-7-11(14)5-6-12(10)15/h5-7,9,13,16H,4,8H2,1-3H3. The SMILES string of the molecule is CCC(C)C(Cc1cc(Br)ccc1F)NC. The van der Waals surface area contributed by atoms with Crippen molar-refractivity contribution in [2.45, 2.75) is 32.7 Å². The van der Waals surface area contributed by atoms with E-state index >= 15 is 0 Å². The van der Waals surface area contributed by atoms with Crippen molar-refractivity contribution in [1.82, 2.24) is 5.32 Å². The van der Waals surface area contributed by atoms with Gasteiger partial charge in [-0.25, -0.2) is 4.39 Å². The number of rotatable bonds is 5. The summed E-state index contributed by atoms with van der Waals surface area (Å²) in [6.07, 6.45) is 1.83. The number of nitrogens with one attached hydrogen (secondary N) is 1. The van der Waals surface area contributed by atoms with Crippen molar-refractivity contribution in [2.75, 3.05) is 7.05 Å². The molecule has 0 spiro atoms. The summed E-state index contributed by atoms with van der Waals surface area (Å²) >= 11 is 3.38. The lowest BCUT2D eigenvalue weighted by Crippen LogP contribution is -2.34. The summed E-state index contributed by atoms with van der Waals surface area (Å²) in [6.45, 7) is 4.35. The average molecular weight is 288 g/mol. The lowest BCUT2D eigenvalue weighted by Gasteiger charge is -2.22. The molecule has 0 aliphatic carbocycles. The van der Waals surface area contributed by atoms with Crippen LogP contribution in [-0.4, -0.2) is 13.1 Å². The van der Waals surface area contributed by atoms with Crippen molar-refractivity contribution < 1.29 is 4.39 Å². The van der Waals surface area contributed by atoms with E-state index in [4.69, 9.17) is 0 Å². The quantitative estimate of drug-likeness (QED) is 0.869. The zero-order valence-electron chi connectivity index (χ0n) is 10.1. The molecule has 1 nitrogen and oxygen atoms in total. The molecular weight excluding hydrogens is 269 g/mol. The molecule has 2 unspecified atom stereocenters. The Hall–Kier alpha value is -0.410. The fraction of sp³-hybridized carbons (Fsp3) is 0.538. The van der Waals surface area contributed by atoms with Crippen LogP contribution >= 0.6 is 15.9 Å². The minimum absolute atomic E-state index is 0.119. The van der Waals surface area contributed by atoms with Crippen LogP contribution < -0.4 is 5.32 Å². The Balaban J connectivity index is 2.81. The van der Waals surface area contributed by atoms with Gasteiger partial charge in [0.05, 0.1) is 0 Å². The molecule has 1 aromatic carbocycles. The summed E-state index contributed by atoms with van der Waals surface area (Å²) < 4.78 is 14.5. The van der Waals surface area contributed by atoms with Gasteiger partial charge in [-0.2, -0.15) is 0 Å². The smallest absolute Gasteiger partial charge is 0.126 e. The largest absolute Gasteiger partial charge is 0.316 e. The molecule has 0 aromatic heterocycles. The van der Waals surface area contributed by atoms with Gasteiger partial charge in [-0.3, -0.25) is 0 Å². The topological polar surface area (TPSA) is 12.0 Å².